The molecule has 0 bridgehead atoms. The van der Waals surface area contributed by atoms with Crippen molar-refractivity contribution in [3.8, 4) is 0 Å². The van der Waals surface area contributed by atoms with Crippen LogP contribution in [-0.4, -0.2) is 24.0 Å². The molecule has 4 nitrogen and oxygen atoms in total. The third-order valence-corrected chi connectivity index (χ3v) is 1.77. The molecule has 0 saturated carbocycles. The fourth-order valence-electron chi connectivity index (χ4n) is 1.20. The van der Waals surface area contributed by atoms with Gasteiger partial charge in [0.2, 0.25) is 0 Å². The predicted molar refractivity (Wildman–Crippen MR) is 40.5 cm³/mol. The Hall–Kier alpha value is -1.32. The van der Waals surface area contributed by atoms with E-state index < -0.39 is 11.9 Å². The number of esters is 1. The second-order valence-electron chi connectivity index (χ2n) is 2.73. The molecule has 0 radical (unpaired) electrons. The first-order chi connectivity index (χ1) is 5.63. The Kier molecular flexibility index (Phi) is 2.47. The third kappa shape index (κ3) is 1.84. The third-order valence-electron chi connectivity index (χ3n) is 1.77. The quantitative estimate of drug-likeness (QED) is 0.584. The van der Waals surface area contributed by atoms with Gasteiger partial charge in [-0.15, -0.1) is 0 Å². The second-order valence-corrected chi connectivity index (χ2v) is 2.73. The molecule has 1 atom stereocenters. The van der Waals surface area contributed by atoms with Crippen molar-refractivity contribution < 1.29 is 19.4 Å². The first-order valence-electron chi connectivity index (χ1n) is 3.63. The summed E-state index contributed by atoms with van der Waals surface area (Å²) < 4.78 is 4.46. The molecular weight excluding hydrogens is 160 g/mol. The minimum atomic E-state index is -0.507. The fourth-order valence-corrected chi connectivity index (χ4v) is 1.20. The Morgan fingerprint density at radius 1 is 1.67 bits per heavy atom. The van der Waals surface area contributed by atoms with E-state index in [9.17, 15) is 9.59 Å². The van der Waals surface area contributed by atoms with Crippen LogP contribution in [0.25, 0.3) is 0 Å². The molecule has 0 amide bonds. The van der Waals surface area contributed by atoms with E-state index in [1.54, 1.807) is 0 Å². The number of carbonyl (C=O) groups excluding carboxylic acids is 2. The summed E-state index contributed by atoms with van der Waals surface area (Å²) in [5.41, 5.74) is 0. The van der Waals surface area contributed by atoms with Crippen LogP contribution in [0.5, 0.6) is 0 Å². The van der Waals surface area contributed by atoms with Crippen LogP contribution in [0.3, 0.4) is 0 Å². The predicted octanol–water partition coefficient (Wildman–Crippen LogP) is 0.580. The number of hydrogen-bond acceptors (Lipinski definition) is 4. The van der Waals surface area contributed by atoms with Gasteiger partial charge in [-0.1, -0.05) is 0 Å². The van der Waals surface area contributed by atoms with Crippen LogP contribution < -0.4 is 0 Å². The van der Waals surface area contributed by atoms with Crippen LogP contribution in [0.1, 0.15) is 12.8 Å². The van der Waals surface area contributed by atoms with Gasteiger partial charge in [-0.25, -0.2) is 0 Å². The highest BCUT2D eigenvalue weighted by molar-refractivity contribution is 5.94. The van der Waals surface area contributed by atoms with E-state index in [1.165, 1.54) is 7.11 Å². The molecule has 0 aromatic rings. The summed E-state index contributed by atoms with van der Waals surface area (Å²) in [6, 6.07) is 0. The SMILES string of the molecule is COC(=O)C1CC(=O)C=C(O)C1. The molecule has 0 aliphatic heterocycles. The lowest BCUT2D eigenvalue weighted by molar-refractivity contribution is -0.147. The van der Waals surface area contributed by atoms with Crippen molar-refractivity contribution in [1.82, 2.24) is 0 Å². The van der Waals surface area contributed by atoms with Gasteiger partial charge in [-0.2, -0.15) is 0 Å². The van der Waals surface area contributed by atoms with Gasteiger partial charge in [-0.3, -0.25) is 9.59 Å². The minimum Gasteiger partial charge on any atom is -0.512 e. The highest BCUT2D eigenvalue weighted by Crippen LogP contribution is 2.21. The van der Waals surface area contributed by atoms with Gasteiger partial charge in [0, 0.05) is 18.9 Å². The van der Waals surface area contributed by atoms with E-state index in [1.807, 2.05) is 0 Å². The minimum absolute atomic E-state index is 0.0401. The van der Waals surface area contributed by atoms with Crippen molar-refractivity contribution in [3.05, 3.63) is 11.8 Å². The molecule has 0 saturated heterocycles. The highest BCUT2D eigenvalue weighted by atomic mass is 16.5. The number of ketones is 1. The largest absolute Gasteiger partial charge is 0.512 e. The van der Waals surface area contributed by atoms with Crippen LogP contribution in [0.4, 0.5) is 0 Å². The maximum Gasteiger partial charge on any atom is 0.309 e. The Labute approximate surface area is 69.8 Å². The number of ether oxygens (including phenoxy) is 1. The number of methoxy groups -OCH3 is 1. The highest BCUT2D eigenvalue weighted by Gasteiger charge is 2.27. The summed E-state index contributed by atoms with van der Waals surface area (Å²) in [6.07, 6.45) is 1.49. The summed E-state index contributed by atoms with van der Waals surface area (Å²) in [6.45, 7) is 0. The van der Waals surface area contributed by atoms with E-state index in [2.05, 4.69) is 4.74 Å². The molecule has 4 heteroatoms. The van der Waals surface area contributed by atoms with Crippen LogP contribution >= 0.6 is 0 Å². The Bertz CT molecular complexity index is 241. The lowest BCUT2D eigenvalue weighted by Crippen LogP contribution is -2.23. The summed E-state index contributed by atoms with van der Waals surface area (Å²) >= 11 is 0. The zero-order valence-corrected chi connectivity index (χ0v) is 6.74. The van der Waals surface area contributed by atoms with Crippen molar-refractivity contribution in [2.45, 2.75) is 12.8 Å². The van der Waals surface area contributed by atoms with Gasteiger partial charge in [0.05, 0.1) is 18.8 Å². The standard InChI is InChI=1S/C8H10O4/c1-12-8(11)5-2-6(9)4-7(10)3-5/h4-5,9H,2-3H2,1H3. The van der Waals surface area contributed by atoms with Crippen LogP contribution in [0.2, 0.25) is 0 Å². The summed E-state index contributed by atoms with van der Waals surface area (Å²) in [4.78, 5) is 21.8. The normalized spacial score (nSPS) is 23.2. The van der Waals surface area contributed by atoms with Crippen molar-refractivity contribution in [2.75, 3.05) is 7.11 Å². The number of carbonyl (C=O) groups is 2. The second kappa shape index (κ2) is 3.38. The lowest BCUT2D eigenvalue weighted by Gasteiger charge is -2.16. The molecule has 12 heavy (non-hydrogen) atoms. The molecule has 0 aromatic carbocycles. The maximum absolute atomic E-state index is 10.9. The number of aliphatic hydroxyl groups excluding tert-OH is 1. The smallest absolute Gasteiger partial charge is 0.309 e. The van der Waals surface area contributed by atoms with Crippen molar-refractivity contribution in [3.63, 3.8) is 0 Å². The zero-order chi connectivity index (χ0) is 9.14. The molecule has 1 unspecified atom stereocenters. The van der Waals surface area contributed by atoms with Gasteiger partial charge in [0.15, 0.2) is 5.78 Å². The molecule has 0 fully saturated rings. The van der Waals surface area contributed by atoms with Crippen LogP contribution in [0.15, 0.2) is 11.8 Å². The molecule has 1 N–H and O–H groups in total. The lowest BCUT2D eigenvalue weighted by atomic mass is 9.92. The average Bonchev–Trinajstić information content (AvgIpc) is 2.01. The van der Waals surface area contributed by atoms with Gasteiger partial charge >= 0.3 is 5.97 Å². The first-order valence-corrected chi connectivity index (χ1v) is 3.63. The zero-order valence-electron chi connectivity index (χ0n) is 6.74. The van der Waals surface area contributed by atoms with E-state index in [0.29, 0.717) is 0 Å². The molecule has 66 valence electrons. The van der Waals surface area contributed by atoms with Gasteiger partial charge in [0.25, 0.3) is 0 Å². The first kappa shape index (κ1) is 8.77. The van der Waals surface area contributed by atoms with Crippen molar-refractivity contribution >= 4 is 11.8 Å². The van der Waals surface area contributed by atoms with E-state index in [0.717, 1.165) is 6.08 Å². The van der Waals surface area contributed by atoms with Crippen molar-refractivity contribution in [2.24, 2.45) is 5.92 Å². The number of rotatable bonds is 1. The fraction of sp³-hybridized carbons (Fsp3) is 0.500. The van der Waals surface area contributed by atoms with Gasteiger partial charge < -0.3 is 9.84 Å². The summed E-state index contributed by atoms with van der Waals surface area (Å²) in [5.74, 6) is -1.22. The van der Waals surface area contributed by atoms with Gasteiger partial charge in [0.1, 0.15) is 0 Å². The monoisotopic (exact) mass is 170 g/mol. The van der Waals surface area contributed by atoms with Gasteiger partial charge in [-0.05, 0) is 0 Å². The topological polar surface area (TPSA) is 63.6 Å². The maximum atomic E-state index is 10.9. The molecule has 0 heterocycles. The Balaban J connectivity index is 2.67. The Morgan fingerprint density at radius 2 is 2.33 bits per heavy atom. The van der Waals surface area contributed by atoms with E-state index in [4.69, 9.17) is 5.11 Å². The number of hydrogen-bond donors (Lipinski definition) is 1. The number of aliphatic hydroxyl groups is 1. The summed E-state index contributed by atoms with van der Waals surface area (Å²) in [7, 11) is 1.27. The molecule has 1 rings (SSSR count). The number of allylic oxidation sites excluding steroid dienone is 2. The molecule has 1 aliphatic carbocycles. The van der Waals surface area contributed by atoms with E-state index in [-0.39, 0.29) is 24.4 Å². The molecular formula is C8H10O4. The van der Waals surface area contributed by atoms with Crippen molar-refractivity contribution in [1.29, 1.82) is 0 Å². The molecule has 1 aliphatic rings. The van der Waals surface area contributed by atoms with Crippen LogP contribution in [-0.2, 0) is 14.3 Å². The molecule has 0 spiro atoms. The Morgan fingerprint density at radius 3 is 2.83 bits per heavy atom. The average molecular weight is 170 g/mol. The van der Waals surface area contributed by atoms with Crippen LogP contribution in [0, 0.1) is 5.92 Å². The molecule has 0 aromatic heterocycles. The summed E-state index contributed by atoms with van der Waals surface area (Å²) in [5, 5.41) is 9.03. The van der Waals surface area contributed by atoms with E-state index >= 15 is 0 Å².